The Morgan fingerprint density at radius 2 is 2.08 bits per heavy atom. The van der Waals surface area contributed by atoms with Gasteiger partial charge in [-0.15, -0.1) is 0 Å². The predicted molar refractivity (Wildman–Crippen MR) is 77.2 cm³/mol. The van der Waals surface area contributed by atoms with Crippen LogP contribution in [-0.4, -0.2) is 22.5 Å². The minimum atomic E-state index is -4.58. The Kier molecular flexibility index (Phi) is 4.31. The summed E-state index contributed by atoms with van der Waals surface area (Å²) < 4.78 is 44.1. The first kappa shape index (κ1) is 16.5. The van der Waals surface area contributed by atoms with E-state index in [1.54, 1.807) is 0 Å². The molecule has 128 valence electrons. The largest absolute Gasteiger partial charge is 0.447 e. The lowest BCUT2D eigenvalue weighted by Gasteiger charge is -2.17. The number of carbonyl (C=O) groups is 1. The minimum Gasteiger partial charge on any atom is -0.447 e. The molecule has 1 aliphatic carbocycles. The third-order valence-corrected chi connectivity index (χ3v) is 3.84. The molecule has 1 aromatic heterocycles. The predicted octanol–water partition coefficient (Wildman–Crippen LogP) is 3.03. The third kappa shape index (κ3) is 3.43. The zero-order chi connectivity index (χ0) is 17.3. The van der Waals surface area contributed by atoms with E-state index in [-0.39, 0.29) is 23.7 Å². The van der Waals surface area contributed by atoms with E-state index >= 15 is 0 Å². The highest BCUT2D eigenvalue weighted by molar-refractivity contribution is 5.93. The minimum absolute atomic E-state index is 0.119. The average molecular weight is 340 g/mol. The number of aliphatic hydroxyl groups is 1. The van der Waals surface area contributed by atoms with Crippen molar-refractivity contribution in [3.63, 3.8) is 0 Å². The molecule has 0 spiro atoms. The number of amides is 1. The van der Waals surface area contributed by atoms with Crippen LogP contribution in [0.15, 0.2) is 35.1 Å². The lowest BCUT2D eigenvalue weighted by Crippen LogP contribution is -2.30. The molecular weight excluding hydrogens is 325 g/mol. The maximum Gasteiger partial charge on any atom is 0.416 e. The SMILES string of the molecule is O=C(NCC(O)c1ccccc1C(F)(F)F)c1ncoc1C1CC1. The number of benzene rings is 1. The summed E-state index contributed by atoms with van der Waals surface area (Å²) in [5.41, 5.74) is -1.09. The lowest BCUT2D eigenvalue weighted by atomic mass is 10.0. The first-order chi connectivity index (χ1) is 11.4. The van der Waals surface area contributed by atoms with E-state index in [1.807, 2.05) is 0 Å². The molecule has 1 atom stereocenters. The van der Waals surface area contributed by atoms with Gasteiger partial charge in [0.25, 0.3) is 5.91 Å². The van der Waals surface area contributed by atoms with Crippen molar-refractivity contribution in [1.82, 2.24) is 10.3 Å². The molecule has 1 unspecified atom stereocenters. The van der Waals surface area contributed by atoms with Gasteiger partial charge in [-0.3, -0.25) is 4.79 Å². The summed E-state index contributed by atoms with van der Waals surface area (Å²) >= 11 is 0. The van der Waals surface area contributed by atoms with Gasteiger partial charge in [0, 0.05) is 12.5 Å². The van der Waals surface area contributed by atoms with Crippen molar-refractivity contribution in [3.8, 4) is 0 Å². The van der Waals surface area contributed by atoms with Gasteiger partial charge >= 0.3 is 6.18 Å². The number of oxazole rings is 1. The Balaban J connectivity index is 1.69. The van der Waals surface area contributed by atoms with Crippen LogP contribution in [0.5, 0.6) is 0 Å². The van der Waals surface area contributed by atoms with E-state index in [1.165, 1.54) is 18.2 Å². The van der Waals surface area contributed by atoms with Crippen LogP contribution in [0.3, 0.4) is 0 Å². The Labute approximate surface area is 135 Å². The second-order valence-corrected chi connectivity index (χ2v) is 5.65. The van der Waals surface area contributed by atoms with E-state index in [2.05, 4.69) is 10.3 Å². The molecule has 1 fully saturated rings. The first-order valence-electron chi connectivity index (χ1n) is 7.43. The Bertz CT molecular complexity index is 738. The van der Waals surface area contributed by atoms with Crippen LogP contribution in [0.2, 0.25) is 0 Å². The summed E-state index contributed by atoms with van der Waals surface area (Å²) in [6.07, 6.45) is -3.07. The van der Waals surface area contributed by atoms with Crippen molar-refractivity contribution < 1.29 is 27.5 Å². The fraction of sp³-hybridized carbons (Fsp3) is 0.375. The summed E-state index contributed by atoms with van der Waals surface area (Å²) in [6, 6.07) is 4.72. The maximum atomic E-state index is 13.0. The fourth-order valence-electron chi connectivity index (χ4n) is 2.49. The number of hydrogen-bond donors (Lipinski definition) is 2. The van der Waals surface area contributed by atoms with Crippen LogP contribution >= 0.6 is 0 Å². The monoisotopic (exact) mass is 340 g/mol. The molecule has 2 aromatic rings. The molecule has 8 heteroatoms. The Morgan fingerprint density at radius 3 is 2.75 bits per heavy atom. The number of halogens is 3. The van der Waals surface area contributed by atoms with Crippen molar-refractivity contribution in [3.05, 3.63) is 53.2 Å². The molecule has 1 saturated carbocycles. The van der Waals surface area contributed by atoms with Gasteiger partial charge in [0.1, 0.15) is 5.76 Å². The Morgan fingerprint density at radius 1 is 1.38 bits per heavy atom. The van der Waals surface area contributed by atoms with E-state index in [0.717, 1.165) is 25.3 Å². The molecular formula is C16H15F3N2O3. The lowest BCUT2D eigenvalue weighted by molar-refractivity contribution is -0.139. The number of aliphatic hydroxyl groups excluding tert-OH is 1. The zero-order valence-corrected chi connectivity index (χ0v) is 12.5. The van der Waals surface area contributed by atoms with Gasteiger partial charge in [0.2, 0.25) is 0 Å². The number of alkyl halides is 3. The standard InChI is InChI=1S/C16H15F3N2O3/c17-16(18,19)11-4-2-1-3-10(11)12(22)7-20-15(23)13-14(9-5-6-9)24-8-21-13/h1-4,8-9,12,22H,5-7H2,(H,20,23). The summed E-state index contributed by atoms with van der Waals surface area (Å²) in [5, 5.41) is 12.4. The van der Waals surface area contributed by atoms with Gasteiger partial charge in [-0.2, -0.15) is 13.2 Å². The summed E-state index contributed by atoms with van der Waals surface area (Å²) in [6.45, 7) is -0.358. The fourth-order valence-corrected chi connectivity index (χ4v) is 2.49. The number of nitrogens with zero attached hydrogens (tertiary/aromatic N) is 1. The highest BCUT2D eigenvalue weighted by Gasteiger charge is 2.35. The van der Waals surface area contributed by atoms with Gasteiger partial charge in [0.15, 0.2) is 12.1 Å². The normalized spacial score (nSPS) is 16.0. The molecule has 0 bridgehead atoms. The Hall–Kier alpha value is -2.35. The maximum absolute atomic E-state index is 13.0. The van der Waals surface area contributed by atoms with Crippen LogP contribution in [0, 0.1) is 0 Å². The topological polar surface area (TPSA) is 75.4 Å². The molecule has 0 radical (unpaired) electrons. The van der Waals surface area contributed by atoms with Crippen molar-refractivity contribution >= 4 is 5.91 Å². The number of nitrogens with one attached hydrogen (secondary N) is 1. The molecule has 1 aromatic carbocycles. The molecule has 0 saturated heterocycles. The van der Waals surface area contributed by atoms with Gasteiger partial charge in [0.05, 0.1) is 11.7 Å². The van der Waals surface area contributed by atoms with Crippen LogP contribution in [0.4, 0.5) is 13.2 Å². The zero-order valence-electron chi connectivity index (χ0n) is 12.5. The quantitative estimate of drug-likeness (QED) is 0.877. The van der Waals surface area contributed by atoms with Crippen LogP contribution < -0.4 is 5.32 Å². The molecule has 5 nitrogen and oxygen atoms in total. The number of carbonyl (C=O) groups excluding carboxylic acids is 1. The van der Waals surface area contributed by atoms with Crippen LogP contribution in [0.25, 0.3) is 0 Å². The second kappa shape index (κ2) is 6.27. The smallest absolute Gasteiger partial charge is 0.416 e. The van der Waals surface area contributed by atoms with E-state index in [4.69, 9.17) is 4.42 Å². The summed E-state index contributed by atoms with van der Waals surface area (Å²) in [7, 11) is 0. The molecule has 24 heavy (non-hydrogen) atoms. The van der Waals surface area contributed by atoms with Gasteiger partial charge in [-0.1, -0.05) is 18.2 Å². The van der Waals surface area contributed by atoms with Crippen molar-refractivity contribution in [2.75, 3.05) is 6.54 Å². The highest BCUT2D eigenvalue weighted by atomic mass is 19.4. The number of aromatic nitrogens is 1. The number of hydrogen-bond acceptors (Lipinski definition) is 4. The van der Waals surface area contributed by atoms with Crippen molar-refractivity contribution in [2.45, 2.75) is 31.0 Å². The second-order valence-electron chi connectivity index (χ2n) is 5.65. The van der Waals surface area contributed by atoms with Gasteiger partial charge in [-0.05, 0) is 24.5 Å². The number of rotatable bonds is 5. The van der Waals surface area contributed by atoms with Crippen molar-refractivity contribution in [2.24, 2.45) is 0 Å². The van der Waals surface area contributed by atoms with Crippen LogP contribution in [-0.2, 0) is 6.18 Å². The summed E-state index contributed by atoms with van der Waals surface area (Å²) in [5.74, 6) is 0.0796. The van der Waals surface area contributed by atoms with Gasteiger partial charge < -0.3 is 14.8 Å². The average Bonchev–Trinajstić information content (AvgIpc) is 3.28. The molecule has 3 rings (SSSR count). The van der Waals surface area contributed by atoms with E-state index < -0.39 is 23.8 Å². The molecule has 1 aliphatic rings. The summed E-state index contributed by atoms with van der Waals surface area (Å²) in [4.78, 5) is 16.0. The molecule has 2 N–H and O–H groups in total. The third-order valence-electron chi connectivity index (χ3n) is 3.84. The highest BCUT2D eigenvalue weighted by Crippen LogP contribution is 2.41. The molecule has 0 aliphatic heterocycles. The first-order valence-corrected chi connectivity index (χ1v) is 7.43. The van der Waals surface area contributed by atoms with Crippen molar-refractivity contribution in [1.29, 1.82) is 0 Å². The molecule has 1 heterocycles. The van der Waals surface area contributed by atoms with E-state index in [0.29, 0.717) is 5.76 Å². The van der Waals surface area contributed by atoms with E-state index in [9.17, 15) is 23.1 Å². The molecule has 1 amide bonds. The van der Waals surface area contributed by atoms with Crippen LogP contribution in [0.1, 0.15) is 52.2 Å². The van der Waals surface area contributed by atoms with Gasteiger partial charge in [-0.25, -0.2) is 4.98 Å².